The highest BCUT2D eigenvalue weighted by atomic mass is 32.1. The third-order valence-corrected chi connectivity index (χ3v) is 4.52. The Hall–Kier alpha value is -1.68. The molecule has 0 spiro atoms. The monoisotopic (exact) mass is 272 g/mol. The van der Waals surface area contributed by atoms with E-state index in [1.54, 1.807) is 17.5 Å². The molecule has 1 unspecified atom stereocenters. The van der Waals surface area contributed by atoms with E-state index in [-0.39, 0.29) is 11.9 Å². The molecule has 0 aromatic carbocycles. The molecule has 1 aliphatic rings. The summed E-state index contributed by atoms with van der Waals surface area (Å²) in [7, 11) is 0. The van der Waals surface area contributed by atoms with Crippen LogP contribution in [0.15, 0.2) is 35.8 Å². The highest BCUT2D eigenvalue weighted by Crippen LogP contribution is 2.35. The Balaban J connectivity index is 1.84. The van der Waals surface area contributed by atoms with Gasteiger partial charge in [-0.1, -0.05) is 6.07 Å². The summed E-state index contributed by atoms with van der Waals surface area (Å²) in [6.45, 7) is 2.77. The van der Waals surface area contributed by atoms with E-state index < -0.39 is 0 Å². The summed E-state index contributed by atoms with van der Waals surface area (Å²) in [5.74, 6) is 0.100. The zero-order chi connectivity index (χ0) is 13.2. The lowest BCUT2D eigenvalue weighted by atomic mass is 10.1. The number of carbonyl (C=O) groups excluding carboxylic acids is 1. The summed E-state index contributed by atoms with van der Waals surface area (Å²) >= 11 is 1.73. The third kappa shape index (κ3) is 2.40. The maximum Gasteiger partial charge on any atom is 0.255 e. The standard InChI is InChI=1S/C15H16N2OS/c1-11-6-7-12(10-16-11)15(18)17-8-2-4-13(17)14-5-3-9-19-14/h3,5-7,9-10,13H,2,4,8H2,1H3. The van der Waals surface area contributed by atoms with Gasteiger partial charge in [0.05, 0.1) is 11.6 Å². The number of nitrogens with zero attached hydrogens (tertiary/aromatic N) is 2. The van der Waals surface area contributed by atoms with Gasteiger partial charge in [-0.25, -0.2) is 0 Å². The fourth-order valence-electron chi connectivity index (χ4n) is 2.55. The second-order valence-corrected chi connectivity index (χ2v) is 5.84. The minimum atomic E-state index is 0.100. The number of pyridine rings is 1. The van der Waals surface area contributed by atoms with E-state index in [0.29, 0.717) is 5.56 Å². The highest BCUT2D eigenvalue weighted by molar-refractivity contribution is 7.10. The minimum absolute atomic E-state index is 0.100. The number of aromatic nitrogens is 1. The molecule has 0 bridgehead atoms. The number of amides is 1. The summed E-state index contributed by atoms with van der Waals surface area (Å²) in [4.78, 5) is 20.0. The Morgan fingerprint density at radius 1 is 1.42 bits per heavy atom. The highest BCUT2D eigenvalue weighted by Gasteiger charge is 2.31. The molecule has 1 amide bonds. The van der Waals surface area contributed by atoms with Crippen molar-refractivity contribution in [2.45, 2.75) is 25.8 Å². The first-order valence-corrected chi connectivity index (χ1v) is 7.41. The van der Waals surface area contributed by atoms with Crippen molar-refractivity contribution in [2.24, 2.45) is 0 Å². The molecule has 98 valence electrons. The molecule has 1 aliphatic heterocycles. The minimum Gasteiger partial charge on any atom is -0.331 e. The summed E-state index contributed by atoms with van der Waals surface area (Å²) in [6, 6.07) is 8.18. The second kappa shape index (κ2) is 5.13. The Morgan fingerprint density at radius 3 is 3.00 bits per heavy atom. The van der Waals surface area contributed by atoms with Gasteiger partial charge >= 0.3 is 0 Å². The molecule has 3 nitrogen and oxygen atoms in total. The van der Waals surface area contributed by atoms with Crippen LogP contribution in [0.5, 0.6) is 0 Å². The van der Waals surface area contributed by atoms with Crippen LogP contribution < -0.4 is 0 Å². The normalized spacial score (nSPS) is 18.8. The van der Waals surface area contributed by atoms with Crippen molar-refractivity contribution in [3.8, 4) is 0 Å². The number of carbonyl (C=O) groups is 1. The van der Waals surface area contributed by atoms with Gasteiger partial charge in [0.2, 0.25) is 0 Å². The van der Waals surface area contributed by atoms with Gasteiger partial charge in [0.1, 0.15) is 0 Å². The summed E-state index contributed by atoms with van der Waals surface area (Å²) in [5, 5.41) is 2.07. The summed E-state index contributed by atoms with van der Waals surface area (Å²) < 4.78 is 0. The fraction of sp³-hybridized carbons (Fsp3) is 0.333. The van der Waals surface area contributed by atoms with Crippen LogP contribution in [0.4, 0.5) is 0 Å². The van der Waals surface area contributed by atoms with Gasteiger partial charge in [-0.15, -0.1) is 11.3 Å². The quantitative estimate of drug-likeness (QED) is 0.839. The van der Waals surface area contributed by atoms with E-state index in [1.807, 2.05) is 24.0 Å². The van der Waals surface area contributed by atoms with Crippen LogP contribution in [0.2, 0.25) is 0 Å². The number of rotatable bonds is 2. The third-order valence-electron chi connectivity index (χ3n) is 3.54. The van der Waals surface area contributed by atoms with Crippen LogP contribution in [-0.4, -0.2) is 22.3 Å². The molecule has 0 saturated carbocycles. The lowest BCUT2D eigenvalue weighted by Crippen LogP contribution is -2.30. The summed E-state index contributed by atoms with van der Waals surface area (Å²) in [5.41, 5.74) is 1.63. The van der Waals surface area contributed by atoms with Crippen molar-refractivity contribution >= 4 is 17.2 Å². The largest absolute Gasteiger partial charge is 0.331 e. The number of likely N-dealkylation sites (tertiary alicyclic amines) is 1. The van der Waals surface area contributed by atoms with Crippen molar-refractivity contribution in [2.75, 3.05) is 6.54 Å². The number of thiophene rings is 1. The molecule has 3 rings (SSSR count). The van der Waals surface area contributed by atoms with E-state index in [0.717, 1.165) is 25.1 Å². The van der Waals surface area contributed by atoms with Gasteiger partial charge < -0.3 is 4.90 Å². The van der Waals surface area contributed by atoms with Crippen molar-refractivity contribution in [1.82, 2.24) is 9.88 Å². The van der Waals surface area contributed by atoms with E-state index in [9.17, 15) is 4.79 Å². The van der Waals surface area contributed by atoms with Crippen molar-refractivity contribution in [1.29, 1.82) is 0 Å². The second-order valence-electron chi connectivity index (χ2n) is 4.86. The van der Waals surface area contributed by atoms with Gasteiger partial charge in [0, 0.05) is 23.3 Å². The molecular formula is C15H16N2OS. The van der Waals surface area contributed by atoms with Crippen LogP contribution in [-0.2, 0) is 0 Å². The lowest BCUT2D eigenvalue weighted by Gasteiger charge is -2.23. The van der Waals surface area contributed by atoms with Gasteiger partial charge in [-0.05, 0) is 43.3 Å². The molecule has 4 heteroatoms. The van der Waals surface area contributed by atoms with E-state index in [4.69, 9.17) is 0 Å². The number of hydrogen-bond acceptors (Lipinski definition) is 3. The van der Waals surface area contributed by atoms with Crippen molar-refractivity contribution in [3.63, 3.8) is 0 Å². The first-order chi connectivity index (χ1) is 9.25. The Bertz CT molecular complexity index is 562. The number of aryl methyl sites for hydroxylation is 1. The van der Waals surface area contributed by atoms with E-state index >= 15 is 0 Å². The van der Waals surface area contributed by atoms with E-state index in [2.05, 4.69) is 22.5 Å². The fourth-order valence-corrected chi connectivity index (χ4v) is 3.42. The van der Waals surface area contributed by atoms with Crippen molar-refractivity contribution < 1.29 is 4.79 Å². The molecule has 1 fully saturated rings. The molecule has 3 heterocycles. The van der Waals surface area contributed by atoms with Gasteiger partial charge in [-0.3, -0.25) is 9.78 Å². The molecule has 0 aliphatic carbocycles. The zero-order valence-electron chi connectivity index (χ0n) is 10.9. The van der Waals surface area contributed by atoms with Crippen LogP contribution in [0.3, 0.4) is 0 Å². The van der Waals surface area contributed by atoms with E-state index in [1.165, 1.54) is 4.88 Å². The molecule has 19 heavy (non-hydrogen) atoms. The predicted molar refractivity (Wildman–Crippen MR) is 76.3 cm³/mol. The zero-order valence-corrected chi connectivity index (χ0v) is 11.7. The SMILES string of the molecule is Cc1ccc(C(=O)N2CCCC2c2cccs2)cn1. The van der Waals surface area contributed by atoms with Crippen LogP contribution in [0.1, 0.15) is 39.8 Å². The maximum absolute atomic E-state index is 12.6. The maximum atomic E-state index is 12.6. The molecule has 1 atom stereocenters. The molecular weight excluding hydrogens is 256 g/mol. The molecule has 0 radical (unpaired) electrons. The van der Waals surface area contributed by atoms with Crippen LogP contribution in [0, 0.1) is 6.92 Å². The molecule has 0 N–H and O–H groups in total. The average Bonchev–Trinajstić information content (AvgIpc) is 3.09. The first-order valence-electron chi connectivity index (χ1n) is 6.53. The smallest absolute Gasteiger partial charge is 0.255 e. The lowest BCUT2D eigenvalue weighted by molar-refractivity contribution is 0.0737. The number of hydrogen-bond donors (Lipinski definition) is 0. The topological polar surface area (TPSA) is 33.2 Å². The first kappa shape index (κ1) is 12.4. The van der Waals surface area contributed by atoms with Gasteiger partial charge in [-0.2, -0.15) is 0 Å². The predicted octanol–water partition coefficient (Wildman–Crippen LogP) is 3.43. The molecule has 2 aromatic heterocycles. The Labute approximate surface area is 116 Å². The Morgan fingerprint density at radius 2 is 2.32 bits per heavy atom. The summed E-state index contributed by atoms with van der Waals surface area (Å²) in [6.07, 6.45) is 3.82. The molecule has 1 saturated heterocycles. The molecule has 2 aromatic rings. The van der Waals surface area contributed by atoms with Crippen molar-refractivity contribution in [3.05, 3.63) is 52.0 Å². The van der Waals surface area contributed by atoms with Crippen LogP contribution >= 0.6 is 11.3 Å². The van der Waals surface area contributed by atoms with Gasteiger partial charge in [0.25, 0.3) is 5.91 Å². The van der Waals surface area contributed by atoms with Gasteiger partial charge in [0.15, 0.2) is 0 Å². The average molecular weight is 272 g/mol. The van der Waals surface area contributed by atoms with Crippen LogP contribution in [0.25, 0.3) is 0 Å². The Kier molecular flexibility index (Phi) is 3.34.